The highest BCUT2D eigenvalue weighted by molar-refractivity contribution is 6.20. The van der Waals surface area contributed by atoms with E-state index in [1.165, 1.54) is 17.7 Å². The molecule has 0 aliphatic heterocycles. The smallest absolute Gasteiger partial charge is 0.132 e. The number of anilines is 1. The Hall–Kier alpha value is -0.830. The summed E-state index contributed by atoms with van der Waals surface area (Å²) in [5.74, 6) is 0.972. The molecule has 0 spiro atoms. The highest BCUT2D eigenvalue weighted by Crippen LogP contribution is 2.24. The molecule has 0 amide bonds. The number of nitrogens with one attached hydrogen (secondary N) is 1. The van der Waals surface area contributed by atoms with Crippen LogP contribution in [0.1, 0.15) is 24.6 Å². The van der Waals surface area contributed by atoms with E-state index in [0.717, 1.165) is 25.2 Å². The quantitative estimate of drug-likeness (QED) is 0.778. The van der Waals surface area contributed by atoms with Gasteiger partial charge in [-0.05, 0) is 26.2 Å². The summed E-state index contributed by atoms with van der Waals surface area (Å²) >= 11 is 5.87. The van der Waals surface area contributed by atoms with Gasteiger partial charge >= 0.3 is 0 Å². The topological polar surface area (TPSA) is 37.8 Å². The highest BCUT2D eigenvalue weighted by Gasteiger charge is 2.16. The Balaban J connectivity index is 2.14. The third kappa shape index (κ3) is 1.98. The molecule has 14 heavy (non-hydrogen) atoms. The van der Waals surface area contributed by atoms with E-state index in [1.807, 2.05) is 6.92 Å². The van der Waals surface area contributed by atoms with Crippen molar-refractivity contribution >= 4 is 17.4 Å². The Morgan fingerprint density at radius 1 is 1.50 bits per heavy atom. The number of aryl methyl sites for hydroxylation is 1. The van der Waals surface area contributed by atoms with E-state index in [2.05, 4.69) is 15.3 Å². The predicted molar refractivity (Wildman–Crippen MR) is 57.9 cm³/mol. The van der Waals surface area contributed by atoms with E-state index in [4.69, 9.17) is 11.6 Å². The van der Waals surface area contributed by atoms with Crippen LogP contribution in [0.15, 0.2) is 6.33 Å². The summed E-state index contributed by atoms with van der Waals surface area (Å²) in [5, 5.41) is 3.39. The Labute approximate surface area is 88.9 Å². The van der Waals surface area contributed by atoms with Gasteiger partial charge in [-0.2, -0.15) is 0 Å². The van der Waals surface area contributed by atoms with Crippen LogP contribution in [0.5, 0.6) is 0 Å². The average molecular weight is 212 g/mol. The molecule has 1 aliphatic rings. The number of hydrogen-bond donors (Lipinski definition) is 1. The molecular weight excluding hydrogens is 198 g/mol. The van der Waals surface area contributed by atoms with Crippen molar-refractivity contribution in [2.75, 3.05) is 11.9 Å². The van der Waals surface area contributed by atoms with Gasteiger partial charge in [0.2, 0.25) is 0 Å². The zero-order valence-corrected chi connectivity index (χ0v) is 9.01. The Morgan fingerprint density at radius 2 is 2.36 bits per heavy atom. The number of nitrogens with zero attached hydrogens (tertiary/aromatic N) is 2. The zero-order valence-electron chi connectivity index (χ0n) is 8.26. The number of rotatable bonds is 3. The first-order valence-corrected chi connectivity index (χ1v) is 5.41. The number of fused-ring (bicyclic) bond motifs is 1. The average Bonchev–Trinajstić information content (AvgIpc) is 2.62. The van der Waals surface area contributed by atoms with Gasteiger partial charge in [0, 0.05) is 23.2 Å². The van der Waals surface area contributed by atoms with Crippen molar-refractivity contribution in [2.45, 2.75) is 31.6 Å². The zero-order chi connectivity index (χ0) is 9.97. The van der Waals surface area contributed by atoms with Crippen molar-refractivity contribution in [3.8, 4) is 0 Å². The Morgan fingerprint density at radius 3 is 3.14 bits per heavy atom. The van der Waals surface area contributed by atoms with Crippen LogP contribution in [-0.4, -0.2) is 21.9 Å². The third-order valence-corrected chi connectivity index (χ3v) is 2.58. The third-order valence-electron chi connectivity index (χ3n) is 2.43. The minimum atomic E-state index is 0.127. The van der Waals surface area contributed by atoms with Crippen molar-refractivity contribution in [1.82, 2.24) is 9.97 Å². The van der Waals surface area contributed by atoms with Crippen LogP contribution in [-0.2, 0) is 12.8 Å². The first-order chi connectivity index (χ1) is 6.77. The lowest BCUT2D eigenvalue weighted by molar-refractivity contribution is 0.899. The van der Waals surface area contributed by atoms with E-state index < -0.39 is 0 Å². The second kappa shape index (κ2) is 4.13. The molecule has 2 rings (SSSR count). The fraction of sp³-hybridized carbons (Fsp3) is 0.600. The summed E-state index contributed by atoms with van der Waals surface area (Å²) in [5.41, 5.74) is 2.48. The molecule has 4 heteroatoms. The van der Waals surface area contributed by atoms with Gasteiger partial charge in [-0.15, -0.1) is 11.6 Å². The van der Waals surface area contributed by atoms with Gasteiger partial charge in [-0.25, -0.2) is 9.97 Å². The highest BCUT2D eigenvalue weighted by atomic mass is 35.5. The molecule has 76 valence electrons. The van der Waals surface area contributed by atoms with Crippen molar-refractivity contribution in [3.05, 3.63) is 17.6 Å². The molecule has 1 aromatic rings. The van der Waals surface area contributed by atoms with Crippen molar-refractivity contribution in [1.29, 1.82) is 0 Å². The normalized spacial score (nSPS) is 16.4. The van der Waals surface area contributed by atoms with Crippen LogP contribution >= 0.6 is 11.6 Å². The molecule has 3 nitrogen and oxygen atoms in total. The lowest BCUT2D eigenvalue weighted by atomic mass is 10.2. The summed E-state index contributed by atoms with van der Waals surface area (Å²) in [4.78, 5) is 8.50. The van der Waals surface area contributed by atoms with E-state index >= 15 is 0 Å². The van der Waals surface area contributed by atoms with Gasteiger partial charge in [0.1, 0.15) is 12.1 Å². The number of alkyl halides is 1. The van der Waals surface area contributed by atoms with E-state index in [9.17, 15) is 0 Å². The fourth-order valence-corrected chi connectivity index (χ4v) is 1.83. The lowest BCUT2D eigenvalue weighted by Crippen LogP contribution is -2.13. The number of aromatic nitrogens is 2. The molecule has 1 N–H and O–H groups in total. The van der Waals surface area contributed by atoms with Crippen LogP contribution < -0.4 is 5.32 Å². The Kier molecular flexibility index (Phi) is 2.87. The maximum Gasteiger partial charge on any atom is 0.132 e. The van der Waals surface area contributed by atoms with Crippen molar-refractivity contribution in [2.24, 2.45) is 0 Å². The fourth-order valence-electron chi connectivity index (χ4n) is 1.75. The van der Waals surface area contributed by atoms with E-state index in [1.54, 1.807) is 6.33 Å². The Bertz CT molecular complexity index is 325. The van der Waals surface area contributed by atoms with Crippen molar-refractivity contribution in [3.63, 3.8) is 0 Å². The lowest BCUT2D eigenvalue weighted by Gasteiger charge is -2.10. The summed E-state index contributed by atoms with van der Waals surface area (Å²) in [6.45, 7) is 2.72. The molecule has 0 aromatic carbocycles. The van der Waals surface area contributed by atoms with Gasteiger partial charge in [0.15, 0.2) is 0 Å². The van der Waals surface area contributed by atoms with Crippen LogP contribution in [0, 0.1) is 0 Å². The first kappa shape index (κ1) is 9.71. The molecule has 0 saturated heterocycles. The summed E-state index contributed by atoms with van der Waals surface area (Å²) in [7, 11) is 0. The van der Waals surface area contributed by atoms with Gasteiger partial charge in [-0.1, -0.05) is 0 Å². The SMILES string of the molecule is CC(Cl)CNc1ncnc2c1CCC2. The van der Waals surface area contributed by atoms with E-state index in [0.29, 0.717) is 0 Å². The van der Waals surface area contributed by atoms with Gasteiger partial charge in [0.25, 0.3) is 0 Å². The molecule has 1 heterocycles. The molecular formula is C10H14ClN3. The molecule has 0 radical (unpaired) electrons. The van der Waals surface area contributed by atoms with Gasteiger partial charge < -0.3 is 5.32 Å². The van der Waals surface area contributed by atoms with Crippen LogP contribution in [0.2, 0.25) is 0 Å². The number of halogens is 1. The standard InChI is InChI=1S/C10H14ClN3/c1-7(11)5-12-10-8-3-2-4-9(8)13-6-14-10/h6-7H,2-5H2,1H3,(H,12,13,14). The minimum Gasteiger partial charge on any atom is -0.368 e. The molecule has 0 bridgehead atoms. The summed E-state index contributed by atoms with van der Waals surface area (Å²) in [6.07, 6.45) is 5.00. The number of hydrogen-bond acceptors (Lipinski definition) is 3. The molecule has 1 atom stereocenters. The molecule has 0 saturated carbocycles. The molecule has 1 unspecified atom stereocenters. The first-order valence-electron chi connectivity index (χ1n) is 4.98. The van der Waals surface area contributed by atoms with Crippen LogP contribution in [0.25, 0.3) is 0 Å². The van der Waals surface area contributed by atoms with Crippen LogP contribution in [0.3, 0.4) is 0 Å². The molecule has 1 aliphatic carbocycles. The summed E-state index contributed by atoms with van der Waals surface area (Å²) < 4.78 is 0. The van der Waals surface area contributed by atoms with Gasteiger partial charge in [-0.3, -0.25) is 0 Å². The monoisotopic (exact) mass is 211 g/mol. The maximum absolute atomic E-state index is 5.87. The van der Waals surface area contributed by atoms with Crippen LogP contribution in [0.4, 0.5) is 5.82 Å². The molecule has 1 aromatic heterocycles. The predicted octanol–water partition coefficient (Wildman–Crippen LogP) is 2.00. The van der Waals surface area contributed by atoms with Crippen molar-refractivity contribution < 1.29 is 0 Å². The maximum atomic E-state index is 5.87. The second-order valence-electron chi connectivity index (χ2n) is 3.66. The minimum absolute atomic E-state index is 0.127. The van der Waals surface area contributed by atoms with Gasteiger partial charge in [0.05, 0.1) is 0 Å². The van der Waals surface area contributed by atoms with E-state index in [-0.39, 0.29) is 5.38 Å². The summed E-state index contributed by atoms with van der Waals surface area (Å²) in [6, 6.07) is 0. The molecule has 0 fully saturated rings. The largest absolute Gasteiger partial charge is 0.368 e. The second-order valence-corrected chi connectivity index (χ2v) is 4.41.